The fourth-order valence-electron chi connectivity index (χ4n) is 1.94. The van der Waals surface area contributed by atoms with Crippen molar-refractivity contribution in [2.45, 2.75) is 45.6 Å². The Bertz CT molecular complexity index is 515. The minimum atomic E-state index is -0.465. The fourth-order valence-corrected chi connectivity index (χ4v) is 2.73. The van der Waals surface area contributed by atoms with E-state index in [9.17, 15) is 4.79 Å². The lowest BCUT2D eigenvalue weighted by Crippen LogP contribution is -2.40. The van der Waals surface area contributed by atoms with Crippen molar-refractivity contribution in [1.29, 1.82) is 0 Å². The first-order valence-electron chi connectivity index (χ1n) is 8.25. The van der Waals surface area contributed by atoms with Crippen molar-refractivity contribution in [1.82, 2.24) is 16.0 Å². The van der Waals surface area contributed by atoms with Crippen LogP contribution in [0.1, 0.15) is 45.6 Å². The average Bonchev–Trinajstić information content (AvgIpc) is 3.02. The van der Waals surface area contributed by atoms with Crippen LogP contribution >= 0.6 is 35.3 Å². The van der Waals surface area contributed by atoms with Gasteiger partial charge >= 0.3 is 6.09 Å². The molecule has 0 aromatic carbocycles. The van der Waals surface area contributed by atoms with Crippen LogP contribution in [-0.2, 0) is 4.74 Å². The summed E-state index contributed by atoms with van der Waals surface area (Å²) in [6, 6.07) is 2.15. The summed E-state index contributed by atoms with van der Waals surface area (Å²) in [5.74, 6) is 1.21. The molecule has 1 atom stereocenters. The summed E-state index contributed by atoms with van der Waals surface area (Å²) in [5, 5.41) is 13.6. The summed E-state index contributed by atoms with van der Waals surface area (Å²) in [6.07, 6.45) is 0.412. The number of hydrogen-bond donors (Lipinski definition) is 3. The summed E-state index contributed by atoms with van der Waals surface area (Å²) in [4.78, 5) is 15.7. The lowest BCUT2D eigenvalue weighted by atomic mass is 10.1. The Balaban J connectivity index is 0.00000576. The van der Waals surface area contributed by atoms with Gasteiger partial charge in [-0.3, -0.25) is 4.99 Å². The molecule has 8 heteroatoms. The van der Waals surface area contributed by atoms with E-state index in [1.807, 2.05) is 20.8 Å². The molecule has 6 nitrogen and oxygen atoms in total. The molecule has 1 unspecified atom stereocenters. The van der Waals surface area contributed by atoms with Gasteiger partial charge in [0.05, 0.1) is 0 Å². The van der Waals surface area contributed by atoms with Crippen molar-refractivity contribution >= 4 is 47.4 Å². The van der Waals surface area contributed by atoms with Crippen LogP contribution in [0.3, 0.4) is 0 Å². The third-order valence-electron chi connectivity index (χ3n) is 3.23. The molecule has 0 fully saturated rings. The minimum absolute atomic E-state index is 0. The number of thiophene rings is 1. The van der Waals surface area contributed by atoms with Crippen LogP contribution in [0.5, 0.6) is 0 Å². The molecule has 144 valence electrons. The van der Waals surface area contributed by atoms with E-state index in [-0.39, 0.29) is 30.1 Å². The topological polar surface area (TPSA) is 74.8 Å². The molecule has 1 rings (SSSR count). The third-order valence-corrected chi connectivity index (χ3v) is 3.93. The van der Waals surface area contributed by atoms with Crippen LogP contribution < -0.4 is 16.0 Å². The van der Waals surface area contributed by atoms with Crippen molar-refractivity contribution in [3.63, 3.8) is 0 Å². The molecular formula is C17H31IN4O2S. The number of guanidine groups is 1. The van der Waals surface area contributed by atoms with Gasteiger partial charge in [0.2, 0.25) is 0 Å². The maximum absolute atomic E-state index is 11.5. The molecule has 1 aromatic rings. The molecule has 3 N–H and O–H groups in total. The van der Waals surface area contributed by atoms with Crippen molar-refractivity contribution in [2.75, 3.05) is 26.7 Å². The molecule has 0 radical (unpaired) electrons. The van der Waals surface area contributed by atoms with Gasteiger partial charge in [-0.1, -0.05) is 6.92 Å². The molecule has 0 bridgehead atoms. The first-order valence-corrected chi connectivity index (χ1v) is 9.19. The molecular weight excluding hydrogens is 451 g/mol. The Labute approximate surface area is 172 Å². The van der Waals surface area contributed by atoms with E-state index in [4.69, 9.17) is 4.74 Å². The summed E-state index contributed by atoms with van der Waals surface area (Å²) in [6.45, 7) is 9.84. The Morgan fingerprint density at radius 3 is 2.52 bits per heavy atom. The molecule has 0 aliphatic rings. The van der Waals surface area contributed by atoms with E-state index in [2.05, 4.69) is 44.7 Å². The van der Waals surface area contributed by atoms with Gasteiger partial charge in [-0.15, -0.1) is 24.0 Å². The number of carbonyl (C=O) groups excluding carboxylic acids is 1. The molecule has 0 aliphatic carbocycles. The van der Waals surface area contributed by atoms with E-state index < -0.39 is 5.60 Å². The summed E-state index contributed by atoms with van der Waals surface area (Å²) in [5.41, 5.74) is 0.873. The zero-order chi connectivity index (χ0) is 18.0. The zero-order valence-corrected chi connectivity index (χ0v) is 18.9. The number of ether oxygens (including phenoxy) is 1. The number of rotatable bonds is 7. The number of amides is 1. The van der Waals surface area contributed by atoms with Crippen LogP contribution in [-0.4, -0.2) is 44.3 Å². The fraction of sp³-hybridized carbons (Fsp3) is 0.647. The van der Waals surface area contributed by atoms with Gasteiger partial charge in [-0.2, -0.15) is 11.3 Å². The number of nitrogens with one attached hydrogen (secondary N) is 3. The third kappa shape index (κ3) is 11.2. The van der Waals surface area contributed by atoms with E-state index in [0.29, 0.717) is 12.5 Å². The second kappa shape index (κ2) is 12.3. The maximum Gasteiger partial charge on any atom is 0.407 e. The summed E-state index contributed by atoms with van der Waals surface area (Å²) in [7, 11) is 1.75. The molecule has 0 aliphatic heterocycles. The van der Waals surface area contributed by atoms with Crippen molar-refractivity contribution in [3.05, 3.63) is 22.4 Å². The zero-order valence-electron chi connectivity index (χ0n) is 15.7. The predicted octanol–water partition coefficient (Wildman–Crippen LogP) is 3.55. The number of alkyl carbamates (subject to hydrolysis) is 1. The van der Waals surface area contributed by atoms with Crippen molar-refractivity contribution in [2.24, 2.45) is 4.99 Å². The number of carbonyl (C=O) groups is 1. The SMILES string of the molecule is CN=C(NCCCNC(=O)OC(C)(C)C)NCC(C)c1ccsc1.I. The van der Waals surface area contributed by atoms with Gasteiger partial charge in [0, 0.05) is 26.7 Å². The smallest absolute Gasteiger partial charge is 0.407 e. The lowest BCUT2D eigenvalue weighted by Gasteiger charge is -2.19. The number of aliphatic imine (C=N–C) groups is 1. The first kappa shape index (κ1) is 24.0. The monoisotopic (exact) mass is 482 g/mol. The second-order valence-corrected chi connectivity index (χ2v) is 7.40. The van der Waals surface area contributed by atoms with Crippen LogP contribution in [0.25, 0.3) is 0 Å². The maximum atomic E-state index is 11.5. The summed E-state index contributed by atoms with van der Waals surface area (Å²) < 4.78 is 5.18. The molecule has 0 spiro atoms. The van der Waals surface area contributed by atoms with Crippen LogP contribution in [0.4, 0.5) is 4.79 Å². The number of halogens is 1. The highest BCUT2D eigenvalue weighted by atomic mass is 127. The second-order valence-electron chi connectivity index (χ2n) is 6.62. The highest BCUT2D eigenvalue weighted by Crippen LogP contribution is 2.16. The van der Waals surface area contributed by atoms with Crippen molar-refractivity contribution < 1.29 is 9.53 Å². The molecule has 0 saturated carbocycles. The molecule has 1 heterocycles. The molecule has 1 aromatic heterocycles. The molecule has 25 heavy (non-hydrogen) atoms. The average molecular weight is 482 g/mol. The standard InChI is InChI=1S/C17H30N4O2S.HI/c1-13(14-7-10-24-12-14)11-21-15(18-5)19-8-6-9-20-16(22)23-17(2,3)4;/h7,10,12-13H,6,8-9,11H2,1-5H3,(H,20,22)(H2,18,19,21);1H. The van der Waals surface area contributed by atoms with Gasteiger partial charge in [-0.05, 0) is 55.5 Å². The molecule has 0 saturated heterocycles. The highest BCUT2D eigenvalue weighted by Gasteiger charge is 2.15. The lowest BCUT2D eigenvalue weighted by molar-refractivity contribution is 0.0527. The van der Waals surface area contributed by atoms with Crippen LogP contribution in [0, 0.1) is 0 Å². The number of nitrogens with zero attached hydrogens (tertiary/aromatic N) is 1. The minimum Gasteiger partial charge on any atom is -0.444 e. The Morgan fingerprint density at radius 2 is 1.96 bits per heavy atom. The van der Waals surface area contributed by atoms with Crippen molar-refractivity contribution in [3.8, 4) is 0 Å². The van der Waals surface area contributed by atoms with Gasteiger partial charge in [0.25, 0.3) is 0 Å². The highest BCUT2D eigenvalue weighted by molar-refractivity contribution is 14.0. The Kier molecular flexibility index (Phi) is 11.8. The Hall–Kier alpha value is -1.03. The van der Waals surface area contributed by atoms with E-state index >= 15 is 0 Å². The van der Waals surface area contributed by atoms with E-state index in [1.54, 1.807) is 18.4 Å². The normalized spacial score (nSPS) is 12.8. The van der Waals surface area contributed by atoms with Crippen LogP contribution in [0.15, 0.2) is 21.8 Å². The van der Waals surface area contributed by atoms with Gasteiger partial charge < -0.3 is 20.7 Å². The van der Waals surface area contributed by atoms with Gasteiger partial charge in [0.15, 0.2) is 5.96 Å². The molecule has 1 amide bonds. The largest absolute Gasteiger partial charge is 0.444 e. The number of hydrogen-bond acceptors (Lipinski definition) is 4. The van der Waals surface area contributed by atoms with Crippen LogP contribution in [0.2, 0.25) is 0 Å². The summed E-state index contributed by atoms with van der Waals surface area (Å²) >= 11 is 1.71. The predicted molar refractivity (Wildman–Crippen MR) is 116 cm³/mol. The van der Waals surface area contributed by atoms with E-state index in [1.165, 1.54) is 5.56 Å². The van der Waals surface area contributed by atoms with E-state index in [0.717, 1.165) is 25.5 Å². The Morgan fingerprint density at radius 1 is 1.28 bits per heavy atom. The quantitative estimate of drug-likeness (QED) is 0.241. The van der Waals surface area contributed by atoms with Gasteiger partial charge in [0.1, 0.15) is 5.60 Å². The van der Waals surface area contributed by atoms with Gasteiger partial charge in [-0.25, -0.2) is 4.79 Å². The first-order chi connectivity index (χ1) is 11.3.